The Labute approximate surface area is 127 Å². The number of nitrogens with zero attached hydrogens (tertiary/aromatic N) is 1. The summed E-state index contributed by atoms with van der Waals surface area (Å²) in [6.07, 6.45) is 0.841. The van der Waals surface area contributed by atoms with Gasteiger partial charge in [-0.3, -0.25) is 0 Å². The van der Waals surface area contributed by atoms with Gasteiger partial charge in [-0.1, -0.05) is 11.6 Å². The molecule has 1 aromatic carbocycles. The van der Waals surface area contributed by atoms with Crippen LogP contribution in [0.4, 0.5) is 5.69 Å². The molecule has 0 radical (unpaired) electrons. The second-order valence-corrected chi connectivity index (χ2v) is 7.23. The standard InChI is InChI=1S/C16H25ClN2O/c1-15(2)10-19(11-16(3,4)20-15)14-6-5-13(17)9-12(14)7-8-18/h5-6,9H,7-8,10-11,18H2,1-4H3. The number of morpholine rings is 1. The van der Waals surface area contributed by atoms with Crippen LogP contribution in [0.3, 0.4) is 0 Å². The van der Waals surface area contributed by atoms with Crippen molar-refractivity contribution in [1.29, 1.82) is 0 Å². The largest absolute Gasteiger partial charge is 0.366 e. The van der Waals surface area contributed by atoms with Gasteiger partial charge in [-0.15, -0.1) is 0 Å². The monoisotopic (exact) mass is 296 g/mol. The average Bonchev–Trinajstić information content (AvgIpc) is 2.25. The molecule has 0 aliphatic carbocycles. The Balaban J connectivity index is 2.35. The van der Waals surface area contributed by atoms with Crippen LogP contribution in [0.5, 0.6) is 0 Å². The van der Waals surface area contributed by atoms with Gasteiger partial charge in [0.25, 0.3) is 0 Å². The van der Waals surface area contributed by atoms with E-state index in [4.69, 9.17) is 22.1 Å². The molecule has 2 N–H and O–H groups in total. The molecule has 1 fully saturated rings. The van der Waals surface area contributed by atoms with Crippen LogP contribution in [0, 0.1) is 0 Å². The van der Waals surface area contributed by atoms with Crippen LogP contribution in [-0.4, -0.2) is 30.8 Å². The summed E-state index contributed by atoms with van der Waals surface area (Å²) in [5, 5.41) is 0.768. The van der Waals surface area contributed by atoms with Crippen LogP contribution in [-0.2, 0) is 11.2 Å². The number of hydrogen-bond donors (Lipinski definition) is 1. The zero-order valence-corrected chi connectivity index (χ0v) is 13.6. The van der Waals surface area contributed by atoms with E-state index in [0.29, 0.717) is 6.54 Å². The minimum atomic E-state index is -0.165. The molecule has 1 heterocycles. The Bertz CT molecular complexity index is 469. The van der Waals surface area contributed by atoms with Gasteiger partial charge < -0.3 is 15.4 Å². The first-order valence-electron chi connectivity index (χ1n) is 7.16. The lowest BCUT2D eigenvalue weighted by atomic mass is 9.97. The van der Waals surface area contributed by atoms with E-state index < -0.39 is 0 Å². The molecule has 1 aliphatic heterocycles. The van der Waals surface area contributed by atoms with Crippen molar-refractivity contribution in [2.45, 2.75) is 45.3 Å². The van der Waals surface area contributed by atoms with Gasteiger partial charge in [0.05, 0.1) is 11.2 Å². The van der Waals surface area contributed by atoms with Gasteiger partial charge in [0.1, 0.15) is 0 Å². The Hall–Kier alpha value is -0.770. The van der Waals surface area contributed by atoms with E-state index in [0.717, 1.165) is 24.5 Å². The molecule has 4 heteroatoms. The SMILES string of the molecule is CC1(C)CN(c2ccc(Cl)cc2CCN)CC(C)(C)O1. The molecule has 0 atom stereocenters. The summed E-state index contributed by atoms with van der Waals surface area (Å²) in [4.78, 5) is 2.39. The molecule has 0 spiro atoms. The van der Waals surface area contributed by atoms with E-state index in [9.17, 15) is 0 Å². The molecule has 0 unspecified atom stereocenters. The van der Waals surface area contributed by atoms with Gasteiger partial charge >= 0.3 is 0 Å². The van der Waals surface area contributed by atoms with Gasteiger partial charge in [0, 0.05) is 23.8 Å². The first kappa shape index (κ1) is 15.6. The van der Waals surface area contributed by atoms with Crippen LogP contribution in [0.25, 0.3) is 0 Å². The zero-order chi connectivity index (χ0) is 15.0. The molecule has 1 saturated heterocycles. The van der Waals surface area contributed by atoms with Crippen molar-refractivity contribution in [3.63, 3.8) is 0 Å². The van der Waals surface area contributed by atoms with Gasteiger partial charge in [-0.2, -0.15) is 0 Å². The molecule has 3 nitrogen and oxygen atoms in total. The van der Waals surface area contributed by atoms with E-state index in [2.05, 4.69) is 38.7 Å². The highest BCUT2D eigenvalue weighted by Gasteiger charge is 2.38. The molecule has 0 bridgehead atoms. The highest BCUT2D eigenvalue weighted by atomic mass is 35.5. The van der Waals surface area contributed by atoms with Gasteiger partial charge in [0.15, 0.2) is 0 Å². The van der Waals surface area contributed by atoms with E-state index in [1.54, 1.807) is 0 Å². The number of benzene rings is 1. The lowest BCUT2D eigenvalue weighted by Crippen LogP contribution is -2.57. The highest BCUT2D eigenvalue weighted by Crippen LogP contribution is 2.34. The maximum atomic E-state index is 6.14. The summed E-state index contributed by atoms with van der Waals surface area (Å²) in [5.74, 6) is 0. The maximum Gasteiger partial charge on any atom is 0.0808 e. The molecule has 0 amide bonds. The zero-order valence-electron chi connectivity index (χ0n) is 12.9. The minimum Gasteiger partial charge on any atom is -0.366 e. The van der Waals surface area contributed by atoms with Crippen molar-refractivity contribution >= 4 is 17.3 Å². The summed E-state index contributed by atoms with van der Waals surface area (Å²) >= 11 is 6.12. The number of rotatable bonds is 3. The van der Waals surface area contributed by atoms with Gasteiger partial charge in [-0.25, -0.2) is 0 Å². The van der Waals surface area contributed by atoms with E-state index >= 15 is 0 Å². The summed E-state index contributed by atoms with van der Waals surface area (Å²) in [7, 11) is 0. The summed E-state index contributed by atoms with van der Waals surface area (Å²) < 4.78 is 6.14. The highest BCUT2D eigenvalue weighted by molar-refractivity contribution is 6.30. The van der Waals surface area contributed by atoms with Crippen molar-refractivity contribution in [3.8, 4) is 0 Å². The molecule has 0 aromatic heterocycles. The number of ether oxygens (including phenoxy) is 1. The molecule has 20 heavy (non-hydrogen) atoms. The number of nitrogens with two attached hydrogens (primary N) is 1. The quantitative estimate of drug-likeness (QED) is 0.930. The molecule has 1 aromatic rings. The van der Waals surface area contributed by atoms with Crippen LogP contribution in [0.15, 0.2) is 18.2 Å². The first-order chi connectivity index (χ1) is 9.22. The summed E-state index contributed by atoms with van der Waals surface area (Å²) in [6.45, 7) is 10.9. The van der Waals surface area contributed by atoms with Crippen LogP contribution >= 0.6 is 11.6 Å². The maximum absolute atomic E-state index is 6.14. The lowest BCUT2D eigenvalue weighted by Gasteiger charge is -2.48. The molecular formula is C16H25ClN2O. The number of hydrogen-bond acceptors (Lipinski definition) is 3. The Morgan fingerprint density at radius 2 is 1.80 bits per heavy atom. The van der Waals surface area contributed by atoms with E-state index in [1.165, 1.54) is 11.3 Å². The van der Waals surface area contributed by atoms with Crippen molar-refractivity contribution in [3.05, 3.63) is 28.8 Å². The molecular weight excluding hydrogens is 272 g/mol. The van der Waals surface area contributed by atoms with E-state index in [1.807, 2.05) is 12.1 Å². The van der Waals surface area contributed by atoms with Crippen LogP contribution in [0.1, 0.15) is 33.3 Å². The van der Waals surface area contributed by atoms with Crippen molar-refractivity contribution < 1.29 is 4.74 Å². The average molecular weight is 297 g/mol. The predicted molar refractivity (Wildman–Crippen MR) is 85.7 cm³/mol. The van der Waals surface area contributed by atoms with Gasteiger partial charge in [0.2, 0.25) is 0 Å². The smallest absolute Gasteiger partial charge is 0.0808 e. The molecule has 112 valence electrons. The number of halogens is 1. The minimum absolute atomic E-state index is 0.165. The Kier molecular flexibility index (Phi) is 4.33. The molecule has 0 saturated carbocycles. The topological polar surface area (TPSA) is 38.5 Å². The van der Waals surface area contributed by atoms with Gasteiger partial charge in [-0.05, 0) is 64.4 Å². The second-order valence-electron chi connectivity index (χ2n) is 6.79. The fourth-order valence-corrected chi connectivity index (χ4v) is 3.37. The van der Waals surface area contributed by atoms with Crippen molar-refractivity contribution in [2.24, 2.45) is 5.73 Å². The van der Waals surface area contributed by atoms with Crippen molar-refractivity contribution in [2.75, 3.05) is 24.5 Å². The predicted octanol–water partition coefficient (Wildman–Crippen LogP) is 3.24. The lowest BCUT2D eigenvalue weighted by molar-refractivity contribution is -0.133. The van der Waals surface area contributed by atoms with E-state index in [-0.39, 0.29) is 11.2 Å². The first-order valence-corrected chi connectivity index (χ1v) is 7.54. The third kappa shape index (κ3) is 3.66. The summed E-state index contributed by atoms with van der Waals surface area (Å²) in [6, 6.07) is 6.08. The number of anilines is 1. The fraction of sp³-hybridized carbons (Fsp3) is 0.625. The Morgan fingerprint density at radius 1 is 1.20 bits per heavy atom. The fourth-order valence-electron chi connectivity index (χ4n) is 3.18. The third-order valence-corrected chi connectivity index (χ3v) is 3.73. The van der Waals surface area contributed by atoms with Crippen molar-refractivity contribution in [1.82, 2.24) is 0 Å². The van der Waals surface area contributed by atoms with Crippen LogP contribution < -0.4 is 10.6 Å². The second kappa shape index (κ2) is 5.55. The third-order valence-electron chi connectivity index (χ3n) is 3.49. The summed E-state index contributed by atoms with van der Waals surface area (Å²) in [5.41, 5.74) is 7.84. The van der Waals surface area contributed by atoms with Crippen LogP contribution in [0.2, 0.25) is 5.02 Å². The molecule has 2 rings (SSSR count). The molecule has 1 aliphatic rings. The normalized spacial score (nSPS) is 21.0. The Morgan fingerprint density at radius 3 is 2.35 bits per heavy atom.